The summed E-state index contributed by atoms with van der Waals surface area (Å²) in [5, 5.41) is 2.86. The van der Waals surface area contributed by atoms with Crippen LogP contribution in [0.2, 0.25) is 0 Å². The average molecular weight is 386 g/mol. The van der Waals surface area contributed by atoms with Gasteiger partial charge in [0.1, 0.15) is 6.54 Å². The van der Waals surface area contributed by atoms with Crippen molar-refractivity contribution >= 4 is 17.5 Å². The predicted molar refractivity (Wildman–Crippen MR) is 107 cm³/mol. The lowest BCUT2D eigenvalue weighted by Gasteiger charge is -2.29. The van der Waals surface area contributed by atoms with Gasteiger partial charge in [-0.25, -0.2) is 4.98 Å². The molecule has 0 bridgehead atoms. The number of rotatable bonds is 6. The molecule has 150 valence electrons. The van der Waals surface area contributed by atoms with E-state index >= 15 is 0 Å². The standard InChI is InChI=1S/C20H26N4O4/c1-14-4-5-16(10-15(14)2)21-18(25)12-24-19(26)11-17(13-27-3)22-20(24)23-6-8-28-9-7-23/h4-5,10-11H,6-9,12-13H2,1-3H3,(H,21,25). The Morgan fingerprint density at radius 3 is 2.64 bits per heavy atom. The van der Waals surface area contributed by atoms with E-state index in [0.717, 1.165) is 11.1 Å². The van der Waals surface area contributed by atoms with Crippen LogP contribution in [-0.4, -0.2) is 48.9 Å². The summed E-state index contributed by atoms with van der Waals surface area (Å²) in [4.78, 5) is 31.8. The van der Waals surface area contributed by atoms with Crippen molar-refractivity contribution in [3.05, 3.63) is 51.4 Å². The first-order valence-electron chi connectivity index (χ1n) is 9.27. The van der Waals surface area contributed by atoms with Crippen molar-refractivity contribution in [3.63, 3.8) is 0 Å². The van der Waals surface area contributed by atoms with E-state index in [0.29, 0.717) is 43.6 Å². The molecule has 8 heteroatoms. The average Bonchev–Trinajstić information content (AvgIpc) is 2.67. The van der Waals surface area contributed by atoms with Crippen LogP contribution in [0.4, 0.5) is 11.6 Å². The van der Waals surface area contributed by atoms with E-state index in [2.05, 4.69) is 10.3 Å². The number of benzene rings is 1. The third-order valence-electron chi connectivity index (χ3n) is 4.72. The fraction of sp³-hybridized carbons (Fsp3) is 0.450. The van der Waals surface area contributed by atoms with E-state index in [4.69, 9.17) is 9.47 Å². The minimum atomic E-state index is -0.279. The fourth-order valence-corrected chi connectivity index (χ4v) is 3.08. The van der Waals surface area contributed by atoms with Gasteiger partial charge in [-0.3, -0.25) is 14.2 Å². The van der Waals surface area contributed by atoms with Gasteiger partial charge in [0, 0.05) is 32.0 Å². The molecule has 1 aliphatic rings. The molecule has 2 heterocycles. The Kier molecular flexibility index (Phi) is 6.43. The summed E-state index contributed by atoms with van der Waals surface area (Å²) in [7, 11) is 1.55. The minimum Gasteiger partial charge on any atom is -0.378 e. The molecule has 0 spiro atoms. The number of aromatic nitrogens is 2. The molecule has 1 fully saturated rings. The van der Waals surface area contributed by atoms with E-state index in [1.807, 2.05) is 36.9 Å². The molecule has 0 saturated carbocycles. The summed E-state index contributed by atoms with van der Waals surface area (Å²) < 4.78 is 11.9. The second-order valence-corrected chi connectivity index (χ2v) is 6.85. The van der Waals surface area contributed by atoms with Crippen molar-refractivity contribution in [1.82, 2.24) is 9.55 Å². The van der Waals surface area contributed by atoms with Crippen molar-refractivity contribution in [1.29, 1.82) is 0 Å². The van der Waals surface area contributed by atoms with Crippen LogP contribution in [0.3, 0.4) is 0 Å². The Bertz CT molecular complexity index is 904. The fourth-order valence-electron chi connectivity index (χ4n) is 3.08. The molecular formula is C20H26N4O4. The lowest BCUT2D eigenvalue weighted by atomic mass is 10.1. The topological polar surface area (TPSA) is 85.7 Å². The van der Waals surface area contributed by atoms with E-state index in [1.165, 1.54) is 10.6 Å². The van der Waals surface area contributed by atoms with Crippen LogP contribution in [-0.2, 0) is 27.4 Å². The summed E-state index contributed by atoms with van der Waals surface area (Å²) >= 11 is 0. The van der Waals surface area contributed by atoms with Gasteiger partial charge < -0.3 is 19.7 Å². The van der Waals surface area contributed by atoms with Gasteiger partial charge in [-0.1, -0.05) is 6.07 Å². The summed E-state index contributed by atoms with van der Waals surface area (Å²) in [5.41, 5.74) is 3.22. The van der Waals surface area contributed by atoms with Crippen molar-refractivity contribution in [3.8, 4) is 0 Å². The lowest BCUT2D eigenvalue weighted by molar-refractivity contribution is -0.116. The first-order chi connectivity index (χ1) is 13.5. The van der Waals surface area contributed by atoms with E-state index < -0.39 is 0 Å². The molecule has 1 aromatic heterocycles. The van der Waals surface area contributed by atoms with Crippen LogP contribution in [0.5, 0.6) is 0 Å². The molecule has 1 aliphatic heterocycles. The maximum absolute atomic E-state index is 12.7. The molecule has 8 nitrogen and oxygen atoms in total. The maximum Gasteiger partial charge on any atom is 0.255 e. The Hall–Kier alpha value is -2.71. The number of amides is 1. The number of hydrogen-bond acceptors (Lipinski definition) is 6. The number of anilines is 2. The molecule has 0 aliphatic carbocycles. The summed E-state index contributed by atoms with van der Waals surface area (Å²) in [6.45, 7) is 6.47. The van der Waals surface area contributed by atoms with E-state index in [1.54, 1.807) is 7.11 Å². The highest BCUT2D eigenvalue weighted by Gasteiger charge is 2.20. The Labute approximate surface area is 164 Å². The zero-order valence-corrected chi connectivity index (χ0v) is 16.5. The first-order valence-corrected chi connectivity index (χ1v) is 9.27. The second kappa shape index (κ2) is 8.99. The highest BCUT2D eigenvalue weighted by atomic mass is 16.5. The van der Waals surface area contributed by atoms with Gasteiger partial charge in [0.2, 0.25) is 11.9 Å². The van der Waals surface area contributed by atoms with Crippen LogP contribution in [0, 0.1) is 13.8 Å². The number of carbonyl (C=O) groups is 1. The van der Waals surface area contributed by atoms with E-state index in [-0.39, 0.29) is 24.6 Å². The number of aryl methyl sites for hydroxylation is 2. The quantitative estimate of drug-likeness (QED) is 0.809. The molecule has 28 heavy (non-hydrogen) atoms. The van der Waals surface area contributed by atoms with Gasteiger partial charge >= 0.3 is 0 Å². The molecule has 3 rings (SSSR count). The van der Waals surface area contributed by atoms with E-state index in [9.17, 15) is 9.59 Å². The molecule has 0 radical (unpaired) electrons. The van der Waals surface area contributed by atoms with Crippen LogP contribution in [0.1, 0.15) is 16.8 Å². The minimum absolute atomic E-state index is 0.112. The molecule has 1 N–H and O–H groups in total. The van der Waals surface area contributed by atoms with Crippen molar-refractivity contribution < 1.29 is 14.3 Å². The van der Waals surface area contributed by atoms with Crippen molar-refractivity contribution in [2.75, 3.05) is 43.6 Å². The number of ether oxygens (including phenoxy) is 2. The summed E-state index contributed by atoms with van der Waals surface area (Å²) in [6, 6.07) is 7.14. The Balaban J connectivity index is 1.85. The predicted octanol–water partition coefficient (Wildman–Crippen LogP) is 1.48. The largest absolute Gasteiger partial charge is 0.378 e. The normalized spacial score (nSPS) is 14.2. The smallest absolute Gasteiger partial charge is 0.255 e. The molecule has 1 saturated heterocycles. The molecular weight excluding hydrogens is 360 g/mol. The first kappa shape index (κ1) is 20.0. The van der Waals surface area contributed by atoms with Crippen molar-refractivity contribution in [2.45, 2.75) is 27.0 Å². The molecule has 1 amide bonds. The molecule has 1 aromatic carbocycles. The van der Waals surface area contributed by atoms with Gasteiger partial charge in [0.25, 0.3) is 5.56 Å². The van der Waals surface area contributed by atoms with Crippen LogP contribution in [0.15, 0.2) is 29.1 Å². The third-order valence-corrected chi connectivity index (χ3v) is 4.72. The molecule has 0 atom stereocenters. The van der Waals surface area contributed by atoms with Gasteiger partial charge in [-0.05, 0) is 37.1 Å². The number of methoxy groups -OCH3 is 1. The highest BCUT2D eigenvalue weighted by molar-refractivity contribution is 5.90. The second-order valence-electron chi connectivity index (χ2n) is 6.85. The van der Waals surface area contributed by atoms with Gasteiger partial charge in [-0.15, -0.1) is 0 Å². The third kappa shape index (κ3) is 4.76. The SMILES string of the molecule is COCc1cc(=O)n(CC(=O)Nc2ccc(C)c(C)c2)c(N2CCOCC2)n1. The monoisotopic (exact) mass is 386 g/mol. The van der Waals surface area contributed by atoms with Gasteiger partial charge in [-0.2, -0.15) is 0 Å². The Morgan fingerprint density at radius 2 is 1.96 bits per heavy atom. The molecule has 2 aromatic rings. The van der Waals surface area contributed by atoms with Crippen LogP contribution in [0.25, 0.3) is 0 Å². The zero-order chi connectivity index (χ0) is 20.1. The molecule has 0 unspecified atom stereocenters. The number of hydrogen-bond donors (Lipinski definition) is 1. The number of nitrogens with one attached hydrogen (secondary N) is 1. The van der Waals surface area contributed by atoms with Gasteiger partial charge in [0.15, 0.2) is 0 Å². The number of nitrogens with zero attached hydrogens (tertiary/aromatic N) is 3. The summed E-state index contributed by atoms with van der Waals surface area (Å²) in [5.74, 6) is 0.194. The number of carbonyl (C=O) groups excluding carboxylic acids is 1. The number of morpholine rings is 1. The van der Waals surface area contributed by atoms with Crippen molar-refractivity contribution in [2.24, 2.45) is 0 Å². The zero-order valence-electron chi connectivity index (χ0n) is 16.5. The lowest BCUT2D eigenvalue weighted by Crippen LogP contribution is -2.42. The van der Waals surface area contributed by atoms with Crippen LogP contribution >= 0.6 is 0 Å². The Morgan fingerprint density at radius 1 is 1.21 bits per heavy atom. The highest BCUT2D eigenvalue weighted by Crippen LogP contribution is 2.16. The maximum atomic E-state index is 12.7. The van der Waals surface area contributed by atoms with Crippen LogP contribution < -0.4 is 15.8 Å². The van der Waals surface area contributed by atoms with Gasteiger partial charge in [0.05, 0.1) is 25.5 Å². The summed E-state index contributed by atoms with van der Waals surface area (Å²) in [6.07, 6.45) is 0.